The third kappa shape index (κ3) is 6.92. The normalized spacial score (nSPS) is 24.6. The second-order valence-electron chi connectivity index (χ2n) is 10.7. The maximum atomic E-state index is 15.1. The molecule has 38 heavy (non-hydrogen) atoms. The Kier molecular flexibility index (Phi) is 9.09. The molecule has 0 amide bonds. The summed E-state index contributed by atoms with van der Waals surface area (Å²) in [6.45, 7) is 2.17. The third-order valence-corrected chi connectivity index (χ3v) is 8.07. The number of rotatable bonds is 8. The number of halogens is 7. The Morgan fingerprint density at radius 2 is 1.32 bits per heavy atom. The van der Waals surface area contributed by atoms with Gasteiger partial charge in [-0.25, -0.2) is 22.0 Å². The molecule has 0 atom stereocenters. The zero-order valence-electron chi connectivity index (χ0n) is 21.4. The van der Waals surface area contributed by atoms with Crippen LogP contribution >= 0.6 is 0 Å². The van der Waals surface area contributed by atoms with E-state index in [0.717, 1.165) is 37.7 Å². The zero-order chi connectivity index (χ0) is 27.4. The van der Waals surface area contributed by atoms with Gasteiger partial charge in [-0.3, -0.25) is 0 Å². The van der Waals surface area contributed by atoms with E-state index in [1.165, 1.54) is 24.6 Å². The fourth-order valence-electron chi connectivity index (χ4n) is 6.05. The highest BCUT2D eigenvalue weighted by atomic mass is 19.3. The highest BCUT2D eigenvalue weighted by Gasteiger charge is 2.32. The van der Waals surface area contributed by atoms with Crippen molar-refractivity contribution in [3.05, 3.63) is 76.6 Å². The predicted molar refractivity (Wildman–Crippen MR) is 132 cm³/mol. The molecule has 2 aromatic carbocycles. The first-order chi connectivity index (χ1) is 18.1. The van der Waals surface area contributed by atoms with E-state index in [2.05, 4.69) is 11.7 Å². The van der Waals surface area contributed by atoms with Gasteiger partial charge in [-0.1, -0.05) is 25.8 Å². The van der Waals surface area contributed by atoms with Gasteiger partial charge in [0.2, 0.25) is 0 Å². The lowest BCUT2D eigenvalue weighted by Crippen LogP contribution is -2.22. The lowest BCUT2D eigenvalue weighted by molar-refractivity contribution is -0.132. The number of hydrogen-bond donors (Lipinski definition) is 0. The minimum Gasteiger partial charge on any atom is -0.429 e. The molecule has 2 saturated carbocycles. The van der Waals surface area contributed by atoms with Crippen LogP contribution in [0.2, 0.25) is 0 Å². The minimum atomic E-state index is -3.88. The number of allylic oxidation sites excluding steroid dienone is 1. The Labute approximate surface area is 219 Å². The lowest BCUT2D eigenvalue weighted by atomic mass is 9.75. The first-order valence-corrected chi connectivity index (χ1v) is 13.5. The van der Waals surface area contributed by atoms with Crippen molar-refractivity contribution in [2.75, 3.05) is 0 Å². The molecular formula is C30H33F7O. The molecule has 0 radical (unpaired) electrons. The van der Waals surface area contributed by atoms with E-state index >= 15 is 8.78 Å². The first kappa shape index (κ1) is 28.5. The van der Waals surface area contributed by atoms with Gasteiger partial charge in [0.25, 0.3) is 0 Å². The van der Waals surface area contributed by atoms with Gasteiger partial charge in [-0.15, -0.1) is 0 Å². The van der Waals surface area contributed by atoms with Crippen molar-refractivity contribution in [3.8, 4) is 5.75 Å². The molecule has 8 heteroatoms. The largest absolute Gasteiger partial charge is 0.429 e. The Balaban J connectivity index is 1.33. The van der Waals surface area contributed by atoms with Gasteiger partial charge >= 0.3 is 6.11 Å². The maximum absolute atomic E-state index is 15.1. The Hall–Kier alpha value is -2.51. The average Bonchev–Trinajstić information content (AvgIpc) is 2.87. The molecule has 0 aliphatic heterocycles. The van der Waals surface area contributed by atoms with Crippen molar-refractivity contribution in [2.24, 2.45) is 11.8 Å². The topological polar surface area (TPSA) is 9.23 Å². The van der Waals surface area contributed by atoms with Crippen LogP contribution in [0.1, 0.15) is 94.1 Å². The number of hydrogen-bond acceptors (Lipinski definition) is 1. The maximum Gasteiger partial charge on any atom is 0.419 e. The van der Waals surface area contributed by atoms with Gasteiger partial charge in [0.15, 0.2) is 17.5 Å². The molecule has 0 N–H and O–H groups in total. The Bertz CT molecular complexity index is 1080. The summed E-state index contributed by atoms with van der Waals surface area (Å²) in [4.78, 5) is 0. The summed E-state index contributed by atoms with van der Waals surface area (Å²) >= 11 is 0. The molecule has 0 unspecified atom stereocenters. The lowest BCUT2D eigenvalue weighted by Gasteiger charge is -2.30. The van der Waals surface area contributed by atoms with Crippen molar-refractivity contribution in [1.29, 1.82) is 0 Å². The fraction of sp³-hybridized carbons (Fsp3) is 0.533. The number of ether oxygens (including phenoxy) is 1. The molecule has 2 aliphatic carbocycles. The van der Waals surface area contributed by atoms with Crippen LogP contribution in [0, 0.1) is 40.9 Å². The van der Waals surface area contributed by atoms with Crippen LogP contribution in [0.5, 0.6) is 5.75 Å². The van der Waals surface area contributed by atoms with Crippen LogP contribution in [0.25, 0.3) is 0 Å². The van der Waals surface area contributed by atoms with Crippen molar-refractivity contribution in [3.63, 3.8) is 0 Å². The van der Waals surface area contributed by atoms with Crippen LogP contribution in [0.3, 0.4) is 0 Å². The zero-order valence-corrected chi connectivity index (χ0v) is 21.4. The quantitative estimate of drug-likeness (QED) is 0.183. The molecule has 208 valence electrons. The number of alkyl halides is 2. The Morgan fingerprint density at radius 3 is 1.87 bits per heavy atom. The molecular weight excluding hydrogens is 509 g/mol. The molecule has 0 saturated heterocycles. The van der Waals surface area contributed by atoms with E-state index < -0.39 is 40.9 Å². The molecule has 0 heterocycles. The average molecular weight is 543 g/mol. The first-order valence-electron chi connectivity index (χ1n) is 13.5. The van der Waals surface area contributed by atoms with Gasteiger partial charge in [0.1, 0.15) is 17.4 Å². The number of benzene rings is 2. The van der Waals surface area contributed by atoms with E-state index in [9.17, 15) is 22.0 Å². The van der Waals surface area contributed by atoms with Crippen molar-refractivity contribution < 1.29 is 35.5 Å². The fourth-order valence-corrected chi connectivity index (χ4v) is 6.05. The van der Waals surface area contributed by atoms with Crippen LogP contribution in [-0.2, 0) is 0 Å². The summed E-state index contributed by atoms with van der Waals surface area (Å²) in [5, 5.41) is 0. The summed E-state index contributed by atoms with van der Waals surface area (Å²) < 4.78 is 102. The predicted octanol–water partition coefficient (Wildman–Crippen LogP) is 9.96. The second kappa shape index (κ2) is 12.1. The van der Waals surface area contributed by atoms with Gasteiger partial charge in [0, 0.05) is 23.8 Å². The van der Waals surface area contributed by atoms with Gasteiger partial charge in [-0.05, 0) is 92.7 Å². The van der Waals surface area contributed by atoms with E-state index in [1.807, 2.05) is 0 Å². The van der Waals surface area contributed by atoms with E-state index in [4.69, 9.17) is 0 Å². The molecule has 0 bridgehead atoms. The van der Waals surface area contributed by atoms with Crippen molar-refractivity contribution in [2.45, 2.75) is 89.1 Å². The van der Waals surface area contributed by atoms with Crippen LogP contribution in [-0.4, -0.2) is 6.11 Å². The summed E-state index contributed by atoms with van der Waals surface area (Å²) in [7, 11) is 0. The summed E-state index contributed by atoms with van der Waals surface area (Å²) in [6, 6.07) is 3.65. The van der Waals surface area contributed by atoms with Gasteiger partial charge < -0.3 is 4.74 Å². The second-order valence-corrected chi connectivity index (χ2v) is 10.7. The Morgan fingerprint density at radius 1 is 0.763 bits per heavy atom. The monoisotopic (exact) mass is 542 g/mol. The highest BCUT2D eigenvalue weighted by molar-refractivity contribution is 5.32. The molecule has 2 aliphatic rings. The molecule has 2 fully saturated rings. The minimum absolute atomic E-state index is 0.0740. The standard InChI is InChI=1S/C30H33F7O/c1-2-3-18-4-8-20(9-5-18)22-14-24(31)28(25(32)15-22)21-10-6-19(7-11-21)12-13-30(36,37)38-23-16-26(33)29(35)27(34)17-23/h12-21H,2-11H2,1H3. The van der Waals surface area contributed by atoms with Crippen LogP contribution in [0.15, 0.2) is 36.4 Å². The summed E-state index contributed by atoms with van der Waals surface area (Å²) in [5.41, 5.74) is 0.795. The van der Waals surface area contributed by atoms with Crippen LogP contribution in [0.4, 0.5) is 30.7 Å². The molecule has 4 rings (SSSR count). The summed E-state index contributed by atoms with van der Waals surface area (Å²) in [5.74, 6) is -6.68. The molecule has 0 spiro atoms. The highest BCUT2D eigenvalue weighted by Crippen LogP contribution is 2.42. The van der Waals surface area contributed by atoms with E-state index in [0.29, 0.717) is 49.8 Å². The molecule has 1 nitrogen and oxygen atoms in total. The molecule has 0 aromatic heterocycles. The van der Waals surface area contributed by atoms with Crippen molar-refractivity contribution in [1.82, 2.24) is 0 Å². The SMILES string of the molecule is CCCC1CCC(c2cc(F)c(C3CCC(C=CC(F)(F)Oc4cc(F)c(F)c(F)c4)CC3)c(F)c2)CC1. The van der Waals surface area contributed by atoms with Crippen molar-refractivity contribution >= 4 is 0 Å². The van der Waals surface area contributed by atoms with E-state index in [1.54, 1.807) is 0 Å². The van der Waals surface area contributed by atoms with E-state index in [-0.39, 0.29) is 23.3 Å². The van der Waals surface area contributed by atoms with Crippen LogP contribution < -0.4 is 4.74 Å². The third-order valence-electron chi connectivity index (χ3n) is 8.07. The molecule has 2 aromatic rings. The van der Waals surface area contributed by atoms with Gasteiger partial charge in [-0.2, -0.15) is 8.78 Å². The smallest absolute Gasteiger partial charge is 0.419 e. The summed E-state index contributed by atoms with van der Waals surface area (Å²) in [6.07, 6.45) is 6.03. The van der Waals surface area contributed by atoms with Gasteiger partial charge in [0.05, 0.1) is 0 Å².